The number of benzene rings is 3. The van der Waals surface area contributed by atoms with Crippen LogP contribution in [0.15, 0.2) is 89.8 Å². The van der Waals surface area contributed by atoms with Gasteiger partial charge in [0.25, 0.3) is 0 Å². The van der Waals surface area contributed by atoms with Crippen molar-refractivity contribution in [1.29, 1.82) is 0 Å². The van der Waals surface area contributed by atoms with Gasteiger partial charge in [-0.05, 0) is 35.4 Å². The first-order valence-electron chi connectivity index (χ1n) is 10.5. The van der Waals surface area contributed by atoms with Gasteiger partial charge in [0.15, 0.2) is 0 Å². The highest BCUT2D eigenvalue weighted by Gasteiger charge is 2.29. The molecule has 0 aliphatic carbocycles. The zero-order valence-electron chi connectivity index (χ0n) is 18.0. The molecule has 6 heteroatoms. The number of amides is 2. The average molecular weight is 451 g/mol. The first-order valence-corrected chi connectivity index (χ1v) is 11.5. The number of rotatable bonds is 10. The molecular formula is C26H27FN2O2S. The molecule has 0 saturated carbocycles. The van der Waals surface area contributed by atoms with E-state index in [0.717, 1.165) is 16.0 Å². The van der Waals surface area contributed by atoms with Crippen LogP contribution in [-0.4, -0.2) is 35.6 Å². The summed E-state index contributed by atoms with van der Waals surface area (Å²) in [4.78, 5) is 28.9. The van der Waals surface area contributed by atoms with E-state index in [-0.39, 0.29) is 24.2 Å². The number of hydrogen-bond acceptors (Lipinski definition) is 3. The van der Waals surface area contributed by atoms with Crippen LogP contribution in [-0.2, 0) is 22.6 Å². The molecule has 3 rings (SSSR count). The predicted molar refractivity (Wildman–Crippen MR) is 127 cm³/mol. The minimum Gasteiger partial charge on any atom is -0.357 e. The SMILES string of the molecule is CNC(=O)[C@H](Cc1ccccc1)N(Cc1ccc(F)cc1)C(=O)CCSc1ccccc1. The van der Waals surface area contributed by atoms with Crippen LogP contribution in [0.2, 0.25) is 0 Å². The molecule has 1 N–H and O–H groups in total. The molecule has 1 atom stereocenters. The van der Waals surface area contributed by atoms with E-state index in [0.29, 0.717) is 18.6 Å². The molecule has 0 aromatic heterocycles. The van der Waals surface area contributed by atoms with Crippen molar-refractivity contribution in [2.24, 2.45) is 0 Å². The second kappa shape index (κ2) is 12.1. The summed E-state index contributed by atoms with van der Waals surface area (Å²) in [5.41, 5.74) is 1.74. The lowest BCUT2D eigenvalue weighted by Crippen LogP contribution is -2.49. The van der Waals surface area contributed by atoms with E-state index in [2.05, 4.69) is 5.32 Å². The Kier molecular flexibility index (Phi) is 8.87. The Balaban J connectivity index is 1.80. The van der Waals surface area contributed by atoms with E-state index >= 15 is 0 Å². The number of likely N-dealkylation sites (N-methyl/N-ethyl adjacent to an activating group) is 1. The van der Waals surface area contributed by atoms with Crippen molar-refractivity contribution in [2.75, 3.05) is 12.8 Å². The molecule has 0 fully saturated rings. The van der Waals surface area contributed by atoms with Crippen LogP contribution in [0, 0.1) is 5.82 Å². The van der Waals surface area contributed by atoms with Crippen LogP contribution in [0.1, 0.15) is 17.5 Å². The van der Waals surface area contributed by atoms with Crippen LogP contribution in [0.5, 0.6) is 0 Å². The molecule has 4 nitrogen and oxygen atoms in total. The highest BCUT2D eigenvalue weighted by atomic mass is 32.2. The number of thioether (sulfide) groups is 1. The van der Waals surface area contributed by atoms with Gasteiger partial charge < -0.3 is 10.2 Å². The zero-order valence-corrected chi connectivity index (χ0v) is 18.9. The largest absolute Gasteiger partial charge is 0.357 e. The highest BCUT2D eigenvalue weighted by molar-refractivity contribution is 7.99. The minimum atomic E-state index is -0.665. The van der Waals surface area contributed by atoms with Crippen LogP contribution in [0.25, 0.3) is 0 Å². The Labute approximate surface area is 192 Å². The van der Waals surface area contributed by atoms with E-state index in [4.69, 9.17) is 0 Å². The van der Waals surface area contributed by atoms with Gasteiger partial charge in [0, 0.05) is 37.1 Å². The van der Waals surface area contributed by atoms with Gasteiger partial charge >= 0.3 is 0 Å². The number of carbonyl (C=O) groups is 2. The standard InChI is InChI=1S/C26H27FN2O2S/c1-28-26(31)24(18-20-8-4-2-5-9-20)29(19-21-12-14-22(27)15-13-21)25(30)16-17-32-23-10-6-3-7-11-23/h2-15,24H,16-19H2,1H3,(H,28,31)/t24-/m0/s1. The molecular weight excluding hydrogens is 423 g/mol. The maximum Gasteiger partial charge on any atom is 0.242 e. The first kappa shape index (κ1) is 23.5. The van der Waals surface area contributed by atoms with E-state index in [1.165, 1.54) is 12.1 Å². The third-order valence-corrected chi connectivity index (χ3v) is 6.13. The summed E-state index contributed by atoms with van der Waals surface area (Å²) >= 11 is 1.61. The smallest absolute Gasteiger partial charge is 0.242 e. The molecule has 0 bridgehead atoms. The Morgan fingerprint density at radius 2 is 1.53 bits per heavy atom. The van der Waals surface area contributed by atoms with Crippen LogP contribution in [0.4, 0.5) is 4.39 Å². The molecule has 0 saturated heterocycles. The number of halogens is 1. The van der Waals surface area contributed by atoms with Crippen molar-refractivity contribution in [3.8, 4) is 0 Å². The van der Waals surface area contributed by atoms with Crippen molar-refractivity contribution >= 4 is 23.6 Å². The number of hydrogen-bond donors (Lipinski definition) is 1. The second-order valence-electron chi connectivity index (χ2n) is 7.38. The summed E-state index contributed by atoms with van der Waals surface area (Å²) in [5, 5.41) is 2.70. The Hall–Kier alpha value is -3.12. The molecule has 0 radical (unpaired) electrons. The Bertz CT molecular complexity index is 997. The van der Waals surface area contributed by atoms with Crippen molar-refractivity contribution in [3.05, 3.63) is 102 Å². The van der Waals surface area contributed by atoms with Gasteiger partial charge in [0.2, 0.25) is 11.8 Å². The number of nitrogens with one attached hydrogen (secondary N) is 1. The molecule has 3 aromatic rings. The fraction of sp³-hybridized carbons (Fsp3) is 0.231. The van der Waals surface area contributed by atoms with Crippen molar-refractivity contribution in [2.45, 2.75) is 30.3 Å². The third-order valence-electron chi connectivity index (χ3n) is 5.11. The van der Waals surface area contributed by atoms with Crippen LogP contribution >= 0.6 is 11.8 Å². The Morgan fingerprint density at radius 1 is 0.906 bits per heavy atom. The van der Waals surface area contributed by atoms with E-state index in [1.54, 1.807) is 35.8 Å². The monoisotopic (exact) mass is 450 g/mol. The maximum atomic E-state index is 13.4. The molecule has 2 amide bonds. The van der Waals surface area contributed by atoms with Gasteiger partial charge in [-0.1, -0.05) is 60.7 Å². The van der Waals surface area contributed by atoms with Gasteiger partial charge in [-0.3, -0.25) is 9.59 Å². The maximum absolute atomic E-state index is 13.4. The molecule has 0 spiro atoms. The molecule has 32 heavy (non-hydrogen) atoms. The van der Waals surface area contributed by atoms with Gasteiger partial charge in [0.05, 0.1) is 0 Å². The van der Waals surface area contributed by atoms with Crippen molar-refractivity contribution in [1.82, 2.24) is 10.2 Å². The van der Waals surface area contributed by atoms with Crippen LogP contribution in [0.3, 0.4) is 0 Å². The fourth-order valence-electron chi connectivity index (χ4n) is 3.42. The van der Waals surface area contributed by atoms with Gasteiger partial charge in [-0.15, -0.1) is 11.8 Å². The summed E-state index contributed by atoms with van der Waals surface area (Å²) in [6.45, 7) is 0.236. The lowest BCUT2D eigenvalue weighted by molar-refractivity contribution is -0.140. The summed E-state index contributed by atoms with van der Waals surface area (Å²) < 4.78 is 13.4. The lowest BCUT2D eigenvalue weighted by Gasteiger charge is -2.31. The summed E-state index contributed by atoms with van der Waals surface area (Å²) in [5.74, 6) is -0.0606. The fourth-order valence-corrected chi connectivity index (χ4v) is 4.29. The molecule has 166 valence electrons. The van der Waals surface area contributed by atoms with Crippen LogP contribution < -0.4 is 5.32 Å². The van der Waals surface area contributed by atoms with Gasteiger partial charge in [-0.2, -0.15) is 0 Å². The highest BCUT2D eigenvalue weighted by Crippen LogP contribution is 2.20. The molecule has 3 aromatic carbocycles. The van der Waals surface area contributed by atoms with E-state index < -0.39 is 6.04 Å². The topological polar surface area (TPSA) is 49.4 Å². The number of nitrogens with zero attached hydrogens (tertiary/aromatic N) is 1. The van der Waals surface area contributed by atoms with Crippen molar-refractivity contribution < 1.29 is 14.0 Å². The summed E-state index contributed by atoms with van der Waals surface area (Å²) in [6, 6.07) is 24.9. The average Bonchev–Trinajstić information content (AvgIpc) is 2.83. The first-order chi connectivity index (χ1) is 15.6. The molecule has 0 heterocycles. The molecule has 0 aliphatic rings. The molecule has 0 aliphatic heterocycles. The lowest BCUT2D eigenvalue weighted by atomic mass is 10.0. The Morgan fingerprint density at radius 3 is 2.16 bits per heavy atom. The van der Waals surface area contributed by atoms with E-state index in [9.17, 15) is 14.0 Å². The second-order valence-corrected chi connectivity index (χ2v) is 8.55. The van der Waals surface area contributed by atoms with Crippen molar-refractivity contribution in [3.63, 3.8) is 0 Å². The summed E-state index contributed by atoms with van der Waals surface area (Å²) in [6.07, 6.45) is 0.697. The molecule has 0 unspecified atom stereocenters. The van der Waals surface area contributed by atoms with Gasteiger partial charge in [0.1, 0.15) is 11.9 Å². The van der Waals surface area contributed by atoms with Gasteiger partial charge in [-0.25, -0.2) is 4.39 Å². The zero-order chi connectivity index (χ0) is 22.8. The van der Waals surface area contributed by atoms with E-state index in [1.807, 2.05) is 60.7 Å². The predicted octanol–water partition coefficient (Wildman–Crippen LogP) is 4.69. The number of carbonyl (C=O) groups excluding carboxylic acids is 2. The normalized spacial score (nSPS) is 11.6. The third kappa shape index (κ3) is 6.95. The minimum absolute atomic E-state index is 0.109. The quantitative estimate of drug-likeness (QED) is 0.456. The summed E-state index contributed by atoms with van der Waals surface area (Å²) in [7, 11) is 1.58.